The van der Waals surface area contributed by atoms with Gasteiger partial charge in [0.15, 0.2) is 12.1 Å². The van der Waals surface area contributed by atoms with Crippen molar-refractivity contribution in [2.24, 2.45) is 5.92 Å². The molecule has 3 heterocycles. The Morgan fingerprint density at radius 1 is 0.813 bits per heavy atom. The van der Waals surface area contributed by atoms with Gasteiger partial charge in [0.25, 0.3) is 11.8 Å². The van der Waals surface area contributed by atoms with Crippen LogP contribution >= 0.6 is 0 Å². The van der Waals surface area contributed by atoms with E-state index in [0.29, 0.717) is 29.3 Å². The largest absolute Gasteiger partial charge is 0.507 e. The summed E-state index contributed by atoms with van der Waals surface area (Å²) in [6.07, 6.45) is 5.02. The Labute approximate surface area is 435 Å². The average molecular weight is 1040 g/mol. The summed E-state index contributed by atoms with van der Waals surface area (Å²) in [6.45, 7) is 10.7. The van der Waals surface area contributed by atoms with Crippen molar-refractivity contribution in [3.05, 3.63) is 93.6 Å². The second-order valence-corrected chi connectivity index (χ2v) is 18.6. The number of aromatic hydroxyl groups is 2. The number of phenols is 2. The van der Waals surface area contributed by atoms with Crippen LogP contribution in [0.5, 0.6) is 17.2 Å². The molecule has 6 N–H and O–H groups in total. The van der Waals surface area contributed by atoms with Crippen LogP contribution in [0.3, 0.4) is 0 Å². The third kappa shape index (κ3) is 13.6. The van der Waals surface area contributed by atoms with Crippen LogP contribution in [-0.4, -0.2) is 158 Å². The van der Waals surface area contributed by atoms with E-state index < -0.39 is 65.4 Å². The monoisotopic (exact) mass is 1040 g/mol. The van der Waals surface area contributed by atoms with Crippen LogP contribution in [0.15, 0.2) is 54.6 Å². The highest BCUT2D eigenvalue weighted by atomic mass is 16.7. The third-order valence-corrected chi connectivity index (χ3v) is 13.5. The maximum atomic E-state index is 13.5. The average Bonchev–Trinajstić information content (AvgIpc) is 3.74. The Bertz CT molecular complexity index is 2640. The van der Waals surface area contributed by atoms with E-state index in [1.54, 1.807) is 44.6 Å². The predicted octanol–water partition coefficient (Wildman–Crippen LogP) is 3.08. The van der Waals surface area contributed by atoms with E-state index in [0.717, 1.165) is 49.8 Å². The lowest BCUT2D eigenvalue weighted by Gasteiger charge is -2.44. The van der Waals surface area contributed by atoms with Gasteiger partial charge in [-0.15, -0.1) is 0 Å². The number of methoxy groups -OCH3 is 3. The number of hydrogen-bond donors (Lipinski definition) is 6. The maximum Gasteiger partial charge on any atom is 0.253 e. The summed E-state index contributed by atoms with van der Waals surface area (Å²) in [5, 5.41) is 32.9. The number of carbonyl (C=O) groups is 8. The van der Waals surface area contributed by atoms with Crippen molar-refractivity contribution >= 4 is 52.7 Å². The summed E-state index contributed by atoms with van der Waals surface area (Å²) >= 11 is 0. The van der Waals surface area contributed by atoms with Crippen LogP contribution in [0.1, 0.15) is 102 Å². The van der Waals surface area contributed by atoms with Crippen molar-refractivity contribution in [1.29, 1.82) is 0 Å². The predicted molar refractivity (Wildman–Crippen MR) is 272 cm³/mol. The Morgan fingerprint density at radius 3 is 2.16 bits per heavy atom. The number of phenolic OH excluding ortho intramolecular Hbond substituents is 2. The molecule has 0 bridgehead atoms. The molecule has 21 heteroatoms. The van der Waals surface area contributed by atoms with Gasteiger partial charge in [-0.25, -0.2) is 0 Å². The molecule has 3 aromatic carbocycles. The quantitative estimate of drug-likeness (QED) is 0.0737. The standard InChI is InChI=1S/C39H37N5O11.C12H23NO4.C3H8/c1-19(42-28(46)18-40-27(45)14-15-44-29(47)12-13-30(44)48)38(53)43-22-9-6-20(7-10-22)17-41-39(54)21-8-11-23-25(16-21)36(51)32-33(34(23)49)37(52)31-24(35(32)50)4-3-5-26(31)55-2;1-9-12(15-3)10(4-6-16-9)13-5-7-17-11(8-13)14-2;1-3-2/h3-7,9-10,12-13,19,21,49,51H,8,11,14-18H2,1-2H3,(H,40,45)(H,41,54)(H,42,46)(H,43,53);9-12H,4-8H2,1-3H3;3H2,1-2H3. The minimum atomic E-state index is -0.959. The number of imide groups is 1. The van der Waals surface area contributed by atoms with Gasteiger partial charge in [-0.05, 0) is 63.3 Å². The first-order chi connectivity index (χ1) is 36.0. The molecular weight excluding hydrogens is 973 g/mol. The van der Waals surface area contributed by atoms with Crippen molar-refractivity contribution in [3.8, 4) is 17.2 Å². The van der Waals surface area contributed by atoms with Gasteiger partial charge in [-0.3, -0.25) is 48.2 Å². The molecule has 2 saturated heterocycles. The normalized spacial score (nSPS) is 21.2. The minimum absolute atomic E-state index is 0.0176. The summed E-state index contributed by atoms with van der Waals surface area (Å²) < 4.78 is 27.3. The van der Waals surface area contributed by atoms with E-state index in [4.69, 9.17) is 23.7 Å². The van der Waals surface area contributed by atoms with Crippen molar-refractivity contribution in [2.45, 2.75) is 103 Å². The number of fused-ring (bicyclic) bond motifs is 3. The molecular formula is C54H68N6O15. The molecule has 2 aliphatic carbocycles. The lowest BCUT2D eigenvalue weighted by atomic mass is 9.75. The fraction of sp³-hybridized carbons (Fsp3) is 0.481. The molecule has 0 radical (unpaired) electrons. The number of morpholine rings is 1. The van der Waals surface area contributed by atoms with E-state index in [2.05, 4.69) is 46.9 Å². The highest BCUT2D eigenvalue weighted by molar-refractivity contribution is 6.31. The molecule has 2 fully saturated rings. The highest BCUT2D eigenvalue weighted by Crippen LogP contribution is 2.47. The van der Waals surface area contributed by atoms with Crippen LogP contribution in [0.2, 0.25) is 0 Å². The van der Waals surface area contributed by atoms with Crippen molar-refractivity contribution in [1.82, 2.24) is 25.8 Å². The maximum absolute atomic E-state index is 13.5. The SMILES string of the molecule is CCC.COC1CN(C2CCOC(C)C2OC)CCO1.COc1cccc2c1C(=O)c1c(O)c3c(c(O)c1C2=O)CC(C(=O)NCc1ccc(NC(=O)C(C)NC(=O)CNC(=O)CCN2C(=O)C=CC2=O)cc1)CC3. The van der Waals surface area contributed by atoms with Crippen molar-refractivity contribution in [3.63, 3.8) is 0 Å². The Kier molecular flexibility index (Phi) is 20.2. The zero-order valence-electron chi connectivity index (χ0n) is 43.4. The molecule has 3 aliphatic heterocycles. The minimum Gasteiger partial charge on any atom is -0.507 e. The van der Waals surface area contributed by atoms with Gasteiger partial charge in [-0.1, -0.05) is 44.5 Å². The van der Waals surface area contributed by atoms with Gasteiger partial charge >= 0.3 is 0 Å². The Balaban J connectivity index is 0.000000381. The number of ether oxygens (including phenoxy) is 5. The van der Waals surface area contributed by atoms with Gasteiger partial charge < -0.3 is 55.2 Å². The molecule has 6 unspecified atom stereocenters. The summed E-state index contributed by atoms with van der Waals surface area (Å²) in [5.74, 6) is -5.53. The molecule has 5 aliphatic rings. The number of carbonyl (C=O) groups excluding carboxylic acids is 8. The second kappa shape index (κ2) is 26.4. The molecule has 8 rings (SSSR count). The van der Waals surface area contributed by atoms with Crippen molar-refractivity contribution in [2.75, 3.05) is 66.0 Å². The first kappa shape index (κ1) is 57.2. The van der Waals surface area contributed by atoms with Crippen LogP contribution in [0.25, 0.3) is 0 Å². The molecule has 3 aromatic rings. The number of hydrogen-bond acceptors (Lipinski definition) is 16. The van der Waals surface area contributed by atoms with E-state index >= 15 is 0 Å². The lowest BCUT2D eigenvalue weighted by Crippen LogP contribution is -2.57. The lowest BCUT2D eigenvalue weighted by molar-refractivity contribution is -0.193. The zero-order chi connectivity index (χ0) is 54.5. The number of ketones is 2. The summed E-state index contributed by atoms with van der Waals surface area (Å²) in [4.78, 5) is 104. The van der Waals surface area contributed by atoms with Gasteiger partial charge in [0.05, 0.1) is 49.2 Å². The van der Waals surface area contributed by atoms with Gasteiger partial charge in [-0.2, -0.15) is 0 Å². The number of nitrogens with one attached hydrogen (secondary N) is 4. The third-order valence-electron chi connectivity index (χ3n) is 13.5. The fourth-order valence-electron chi connectivity index (χ4n) is 9.58. The molecule has 6 amide bonds. The molecule has 0 saturated carbocycles. The van der Waals surface area contributed by atoms with Crippen LogP contribution < -0.4 is 26.0 Å². The van der Waals surface area contributed by atoms with Crippen LogP contribution in [0.4, 0.5) is 5.69 Å². The molecule has 0 spiro atoms. The Hall–Kier alpha value is -7.04. The fourth-order valence-corrected chi connectivity index (χ4v) is 9.58. The number of amides is 6. The van der Waals surface area contributed by atoms with Gasteiger partial charge in [0.1, 0.15) is 23.3 Å². The highest BCUT2D eigenvalue weighted by Gasteiger charge is 2.42. The molecule has 0 aromatic heterocycles. The van der Waals surface area contributed by atoms with E-state index in [9.17, 15) is 48.6 Å². The summed E-state index contributed by atoms with van der Waals surface area (Å²) in [6, 6.07) is 10.6. The van der Waals surface area contributed by atoms with E-state index in [-0.39, 0.29) is 96.1 Å². The zero-order valence-corrected chi connectivity index (χ0v) is 43.4. The first-order valence-corrected chi connectivity index (χ1v) is 25.1. The molecule has 21 nitrogen and oxygen atoms in total. The first-order valence-electron chi connectivity index (χ1n) is 25.1. The topological polar surface area (TPSA) is 278 Å². The number of benzene rings is 3. The van der Waals surface area contributed by atoms with E-state index in [1.165, 1.54) is 32.6 Å². The summed E-state index contributed by atoms with van der Waals surface area (Å²) in [7, 11) is 4.82. The smallest absolute Gasteiger partial charge is 0.253 e. The summed E-state index contributed by atoms with van der Waals surface area (Å²) in [5.41, 5.74) is 1.19. The van der Waals surface area contributed by atoms with Gasteiger partial charge in [0, 0.05) is 99.9 Å². The molecule has 75 heavy (non-hydrogen) atoms. The number of anilines is 1. The van der Waals surface area contributed by atoms with Crippen LogP contribution in [-0.2, 0) is 67.1 Å². The number of rotatable bonds is 15. The number of nitrogens with zero attached hydrogens (tertiary/aromatic N) is 2. The Morgan fingerprint density at radius 2 is 1.49 bits per heavy atom. The second-order valence-electron chi connectivity index (χ2n) is 18.6. The van der Waals surface area contributed by atoms with Gasteiger partial charge in [0.2, 0.25) is 29.4 Å². The van der Waals surface area contributed by atoms with Crippen LogP contribution in [0, 0.1) is 5.92 Å². The van der Waals surface area contributed by atoms with E-state index in [1.807, 2.05) is 0 Å². The van der Waals surface area contributed by atoms with Crippen molar-refractivity contribution < 1.29 is 72.3 Å². The molecule has 6 atom stereocenters. The molecule has 404 valence electrons.